The Balaban J connectivity index is 1.35. The molecule has 6 rings (SSSR count). The zero-order valence-corrected chi connectivity index (χ0v) is 21.7. The van der Waals surface area contributed by atoms with Crippen molar-refractivity contribution >= 4 is 27.7 Å². The van der Waals surface area contributed by atoms with Crippen molar-refractivity contribution in [3.8, 4) is 0 Å². The molecule has 3 saturated heterocycles. The minimum Gasteiger partial charge on any atom is -0.350 e. The highest BCUT2D eigenvalue weighted by Crippen LogP contribution is 2.50. The molecule has 2 aromatic rings. The summed E-state index contributed by atoms with van der Waals surface area (Å²) in [5.41, 5.74) is -1.61. The van der Waals surface area contributed by atoms with Gasteiger partial charge in [0.1, 0.15) is 11.9 Å². The lowest BCUT2D eigenvalue weighted by atomic mass is 9.84. The van der Waals surface area contributed by atoms with Crippen LogP contribution in [-0.2, 0) is 27.6 Å². The Labute approximate surface area is 221 Å². The van der Waals surface area contributed by atoms with Gasteiger partial charge in [0.05, 0.1) is 11.0 Å². The summed E-state index contributed by atoms with van der Waals surface area (Å²) in [7, 11) is 0. The number of nitrogens with one attached hydrogen (secondary N) is 2. The van der Waals surface area contributed by atoms with Crippen LogP contribution in [-0.4, -0.2) is 48.4 Å². The second-order valence-electron chi connectivity index (χ2n) is 10.4. The van der Waals surface area contributed by atoms with Gasteiger partial charge in [-0.1, -0.05) is 34.1 Å². The summed E-state index contributed by atoms with van der Waals surface area (Å²) in [6, 6.07) is 8.77. The molecule has 1 aliphatic carbocycles. The van der Waals surface area contributed by atoms with Gasteiger partial charge >= 0.3 is 6.18 Å². The molecule has 0 spiro atoms. The van der Waals surface area contributed by atoms with E-state index in [2.05, 4.69) is 31.5 Å². The number of rotatable bonds is 7. The predicted molar refractivity (Wildman–Crippen MR) is 133 cm³/mol. The SMILES string of the molecule is O=C(N[C@@H]1CN2CCC1CC2)[C@H](Cc1ccc(Br)cc1)NC(=O)C1(c2ccc(C(F)(F)F)cc2F)CC1. The summed E-state index contributed by atoms with van der Waals surface area (Å²) in [4.78, 5) is 29.2. The number of hydrogen-bond acceptors (Lipinski definition) is 3. The number of fused-ring (bicyclic) bond motifs is 3. The number of nitrogens with zero attached hydrogens (tertiary/aromatic N) is 1. The number of piperidine rings is 3. The average Bonchev–Trinajstić information content (AvgIpc) is 3.67. The number of carbonyl (C=O) groups excluding carboxylic acids is 2. The maximum atomic E-state index is 14.8. The molecule has 2 bridgehead atoms. The van der Waals surface area contributed by atoms with Gasteiger partial charge in [0.15, 0.2) is 0 Å². The highest BCUT2D eigenvalue weighted by atomic mass is 79.9. The standard InChI is InChI=1S/C27H28BrF4N3O2/c28-19-4-1-16(2-5-19)13-22(24(36)33-23-15-35-11-7-17(23)8-12-35)34-25(37)26(9-10-26)20-6-3-18(14-21(20)29)27(30,31)32/h1-6,14,17,22-23H,7-13,15H2,(H,33,36)(H,34,37)/t22-,23+/m0/s1. The Morgan fingerprint density at radius 2 is 1.76 bits per heavy atom. The van der Waals surface area contributed by atoms with Crippen LogP contribution in [0.3, 0.4) is 0 Å². The van der Waals surface area contributed by atoms with Crippen LogP contribution >= 0.6 is 15.9 Å². The smallest absolute Gasteiger partial charge is 0.350 e. The first-order valence-electron chi connectivity index (χ1n) is 12.5. The highest BCUT2D eigenvalue weighted by Gasteiger charge is 2.54. The molecular formula is C27H28BrF4N3O2. The van der Waals surface area contributed by atoms with Crippen molar-refractivity contribution in [1.82, 2.24) is 15.5 Å². The molecule has 2 amide bonds. The van der Waals surface area contributed by atoms with Crippen molar-refractivity contribution in [2.45, 2.75) is 55.8 Å². The molecule has 2 aromatic carbocycles. The minimum atomic E-state index is -4.68. The first kappa shape index (κ1) is 26.2. The van der Waals surface area contributed by atoms with E-state index in [-0.39, 0.29) is 23.9 Å². The van der Waals surface area contributed by atoms with E-state index in [0.29, 0.717) is 24.8 Å². The van der Waals surface area contributed by atoms with Crippen LogP contribution in [0.5, 0.6) is 0 Å². The Morgan fingerprint density at radius 1 is 1.08 bits per heavy atom. The van der Waals surface area contributed by atoms with E-state index < -0.39 is 34.9 Å². The van der Waals surface area contributed by atoms with E-state index in [1.165, 1.54) is 0 Å². The first-order valence-corrected chi connectivity index (χ1v) is 13.3. The first-order chi connectivity index (χ1) is 17.5. The Bertz CT molecular complexity index is 1180. The lowest BCUT2D eigenvalue weighted by Crippen LogP contribution is -2.60. The minimum absolute atomic E-state index is 0.00145. The van der Waals surface area contributed by atoms with Gasteiger partial charge < -0.3 is 15.5 Å². The van der Waals surface area contributed by atoms with Gasteiger partial charge in [0, 0.05) is 29.0 Å². The van der Waals surface area contributed by atoms with Gasteiger partial charge in [0.2, 0.25) is 11.8 Å². The van der Waals surface area contributed by atoms with Gasteiger partial charge in [-0.05, 0) is 74.5 Å². The van der Waals surface area contributed by atoms with Crippen molar-refractivity contribution < 1.29 is 27.2 Å². The van der Waals surface area contributed by atoms with Crippen molar-refractivity contribution in [1.29, 1.82) is 0 Å². The van der Waals surface area contributed by atoms with Crippen LogP contribution in [0.15, 0.2) is 46.9 Å². The van der Waals surface area contributed by atoms with Crippen LogP contribution in [0.4, 0.5) is 17.6 Å². The summed E-state index contributed by atoms with van der Waals surface area (Å²) in [5.74, 6) is -1.52. The number of carbonyl (C=O) groups is 2. The van der Waals surface area contributed by atoms with E-state index in [4.69, 9.17) is 0 Å². The molecule has 4 fully saturated rings. The number of halogens is 5. The van der Waals surface area contributed by atoms with Gasteiger partial charge in [-0.3, -0.25) is 9.59 Å². The molecule has 0 radical (unpaired) electrons. The molecule has 3 aliphatic heterocycles. The fraction of sp³-hybridized carbons (Fsp3) is 0.481. The van der Waals surface area contributed by atoms with E-state index in [9.17, 15) is 27.2 Å². The fourth-order valence-electron chi connectivity index (χ4n) is 5.60. The summed E-state index contributed by atoms with van der Waals surface area (Å²) >= 11 is 3.39. The van der Waals surface area contributed by atoms with Crippen LogP contribution < -0.4 is 10.6 Å². The third kappa shape index (κ3) is 5.55. The molecule has 37 heavy (non-hydrogen) atoms. The van der Waals surface area contributed by atoms with Crippen molar-refractivity contribution in [3.05, 3.63) is 69.4 Å². The van der Waals surface area contributed by atoms with Gasteiger partial charge in [0.25, 0.3) is 0 Å². The number of amides is 2. The highest BCUT2D eigenvalue weighted by molar-refractivity contribution is 9.10. The molecule has 5 nitrogen and oxygen atoms in total. The average molecular weight is 582 g/mol. The van der Waals surface area contributed by atoms with Crippen LogP contribution in [0.2, 0.25) is 0 Å². The summed E-state index contributed by atoms with van der Waals surface area (Å²) in [6.45, 7) is 2.82. The molecule has 0 aromatic heterocycles. The Morgan fingerprint density at radius 3 is 2.30 bits per heavy atom. The second-order valence-corrected chi connectivity index (χ2v) is 11.3. The molecule has 4 aliphatic rings. The quantitative estimate of drug-likeness (QED) is 0.471. The number of hydrogen-bond donors (Lipinski definition) is 2. The van der Waals surface area contributed by atoms with E-state index in [1.807, 2.05) is 24.3 Å². The number of benzene rings is 2. The molecule has 10 heteroatoms. The number of alkyl halides is 3. The maximum Gasteiger partial charge on any atom is 0.416 e. The zero-order valence-electron chi connectivity index (χ0n) is 20.1. The third-order valence-electron chi connectivity index (χ3n) is 7.96. The van der Waals surface area contributed by atoms with Crippen molar-refractivity contribution in [3.63, 3.8) is 0 Å². The van der Waals surface area contributed by atoms with Crippen LogP contribution in [0, 0.1) is 11.7 Å². The van der Waals surface area contributed by atoms with Crippen molar-refractivity contribution in [2.75, 3.05) is 19.6 Å². The molecule has 198 valence electrons. The molecular weight excluding hydrogens is 554 g/mol. The molecule has 2 N–H and O–H groups in total. The van der Waals surface area contributed by atoms with E-state index in [1.54, 1.807) is 0 Å². The van der Waals surface area contributed by atoms with Gasteiger partial charge in [-0.25, -0.2) is 4.39 Å². The van der Waals surface area contributed by atoms with Crippen LogP contribution in [0.1, 0.15) is 42.4 Å². The topological polar surface area (TPSA) is 61.4 Å². The lowest BCUT2D eigenvalue weighted by molar-refractivity contribution is -0.137. The molecule has 2 atom stereocenters. The Hall–Kier alpha value is -2.46. The van der Waals surface area contributed by atoms with E-state index >= 15 is 0 Å². The zero-order chi connectivity index (χ0) is 26.4. The summed E-state index contributed by atoms with van der Waals surface area (Å²) < 4.78 is 54.7. The largest absolute Gasteiger partial charge is 0.416 e. The van der Waals surface area contributed by atoms with Gasteiger partial charge in [-0.2, -0.15) is 13.2 Å². The maximum absolute atomic E-state index is 14.8. The summed E-state index contributed by atoms with van der Waals surface area (Å²) in [5, 5.41) is 5.95. The predicted octanol–water partition coefficient (Wildman–Crippen LogP) is 4.58. The summed E-state index contributed by atoms with van der Waals surface area (Å²) in [6.07, 6.45) is -1.81. The lowest BCUT2D eigenvalue weighted by Gasteiger charge is -2.45. The Kier molecular flexibility index (Phi) is 7.08. The van der Waals surface area contributed by atoms with E-state index in [0.717, 1.165) is 54.6 Å². The normalized spacial score (nSPS) is 24.8. The molecule has 3 heterocycles. The monoisotopic (exact) mass is 581 g/mol. The second kappa shape index (κ2) is 10.0. The fourth-order valence-corrected chi connectivity index (χ4v) is 5.86. The molecule has 0 unspecified atom stereocenters. The third-order valence-corrected chi connectivity index (χ3v) is 8.48. The molecule has 1 saturated carbocycles. The van der Waals surface area contributed by atoms with Crippen LogP contribution in [0.25, 0.3) is 0 Å². The van der Waals surface area contributed by atoms with Crippen molar-refractivity contribution in [2.24, 2.45) is 5.92 Å². The van der Waals surface area contributed by atoms with Gasteiger partial charge in [-0.15, -0.1) is 0 Å².